The minimum absolute atomic E-state index is 0.729. The van der Waals surface area contributed by atoms with Crippen LogP contribution in [0.1, 0.15) is 10.7 Å². The van der Waals surface area contributed by atoms with E-state index in [0.717, 1.165) is 42.6 Å². The number of halogens is 1. The third-order valence-electron chi connectivity index (χ3n) is 3.00. The summed E-state index contributed by atoms with van der Waals surface area (Å²) in [5.41, 5.74) is 1.90. The van der Waals surface area contributed by atoms with Gasteiger partial charge in [0.05, 0.1) is 21.1 Å². The van der Waals surface area contributed by atoms with Crippen LogP contribution in [0.4, 0.5) is 5.82 Å². The SMILES string of the molecule is CNc1nc(-c2sc(C)nc2C)nc2ccc(Br)cc12. The van der Waals surface area contributed by atoms with Gasteiger partial charge in [-0.3, -0.25) is 0 Å². The van der Waals surface area contributed by atoms with Gasteiger partial charge in [0, 0.05) is 16.9 Å². The molecule has 2 heterocycles. The van der Waals surface area contributed by atoms with Gasteiger partial charge in [-0.15, -0.1) is 11.3 Å². The van der Waals surface area contributed by atoms with E-state index in [0.29, 0.717) is 0 Å². The minimum atomic E-state index is 0.729. The maximum Gasteiger partial charge on any atom is 0.174 e. The van der Waals surface area contributed by atoms with Crippen molar-refractivity contribution in [1.82, 2.24) is 15.0 Å². The van der Waals surface area contributed by atoms with Gasteiger partial charge < -0.3 is 5.32 Å². The number of anilines is 1. The largest absolute Gasteiger partial charge is 0.373 e. The van der Waals surface area contributed by atoms with Crippen LogP contribution in [0.3, 0.4) is 0 Å². The molecule has 3 aromatic rings. The van der Waals surface area contributed by atoms with Crippen LogP contribution in [0.2, 0.25) is 0 Å². The zero-order valence-corrected chi connectivity index (χ0v) is 13.8. The quantitative estimate of drug-likeness (QED) is 0.754. The van der Waals surface area contributed by atoms with E-state index >= 15 is 0 Å². The van der Waals surface area contributed by atoms with E-state index < -0.39 is 0 Å². The van der Waals surface area contributed by atoms with Crippen molar-refractivity contribution < 1.29 is 0 Å². The van der Waals surface area contributed by atoms with E-state index in [-0.39, 0.29) is 0 Å². The van der Waals surface area contributed by atoms with Gasteiger partial charge in [0.25, 0.3) is 0 Å². The molecule has 20 heavy (non-hydrogen) atoms. The number of nitrogens with zero attached hydrogens (tertiary/aromatic N) is 3. The van der Waals surface area contributed by atoms with Crippen LogP contribution in [-0.4, -0.2) is 22.0 Å². The first-order valence-electron chi connectivity index (χ1n) is 6.18. The molecule has 3 rings (SSSR count). The highest BCUT2D eigenvalue weighted by molar-refractivity contribution is 9.10. The zero-order chi connectivity index (χ0) is 14.3. The second-order valence-corrected chi connectivity index (χ2v) is 6.57. The topological polar surface area (TPSA) is 50.7 Å². The predicted molar refractivity (Wildman–Crippen MR) is 87.4 cm³/mol. The molecule has 1 aromatic carbocycles. The number of benzene rings is 1. The Morgan fingerprint density at radius 2 is 1.95 bits per heavy atom. The molecule has 0 saturated carbocycles. The van der Waals surface area contributed by atoms with Gasteiger partial charge in [0.1, 0.15) is 5.82 Å². The lowest BCUT2D eigenvalue weighted by Gasteiger charge is -2.08. The molecule has 0 unspecified atom stereocenters. The summed E-state index contributed by atoms with van der Waals surface area (Å²) in [6.45, 7) is 3.99. The molecule has 0 atom stereocenters. The number of aromatic nitrogens is 3. The van der Waals surface area contributed by atoms with E-state index in [1.807, 2.05) is 39.1 Å². The monoisotopic (exact) mass is 348 g/mol. The maximum atomic E-state index is 4.67. The molecule has 0 aliphatic rings. The number of rotatable bonds is 2. The molecular formula is C14H13BrN4S. The number of hydrogen-bond donors (Lipinski definition) is 1. The average molecular weight is 349 g/mol. The minimum Gasteiger partial charge on any atom is -0.373 e. The summed E-state index contributed by atoms with van der Waals surface area (Å²) >= 11 is 5.11. The predicted octanol–water partition coefficient (Wildman–Crippen LogP) is 4.17. The third-order valence-corrected chi connectivity index (χ3v) is 4.56. The van der Waals surface area contributed by atoms with Gasteiger partial charge in [-0.05, 0) is 32.0 Å². The summed E-state index contributed by atoms with van der Waals surface area (Å²) < 4.78 is 1.02. The van der Waals surface area contributed by atoms with E-state index in [9.17, 15) is 0 Å². The van der Waals surface area contributed by atoms with Gasteiger partial charge in [-0.2, -0.15) is 0 Å². The highest BCUT2D eigenvalue weighted by Gasteiger charge is 2.14. The van der Waals surface area contributed by atoms with Crippen molar-refractivity contribution >= 4 is 44.0 Å². The van der Waals surface area contributed by atoms with Crippen LogP contribution < -0.4 is 5.32 Å². The molecule has 0 spiro atoms. The lowest BCUT2D eigenvalue weighted by Crippen LogP contribution is -1.98. The summed E-state index contributed by atoms with van der Waals surface area (Å²) in [4.78, 5) is 14.8. The second kappa shape index (κ2) is 5.10. The third kappa shape index (κ3) is 2.29. The maximum absolute atomic E-state index is 4.67. The lowest BCUT2D eigenvalue weighted by atomic mass is 10.2. The Morgan fingerprint density at radius 1 is 1.15 bits per heavy atom. The molecule has 0 fully saturated rings. The number of nitrogens with one attached hydrogen (secondary N) is 1. The summed E-state index contributed by atoms with van der Waals surface area (Å²) in [5.74, 6) is 1.56. The molecule has 6 heteroatoms. The molecule has 0 bridgehead atoms. The van der Waals surface area contributed by atoms with Crippen molar-refractivity contribution in [3.8, 4) is 10.7 Å². The number of thiazole rings is 1. The first-order valence-corrected chi connectivity index (χ1v) is 7.79. The Kier molecular flexibility index (Phi) is 3.43. The van der Waals surface area contributed by atoms with E-state index in [2.05, 4.69) is 36.2 Å². The van der Waals surface area contributed by atoms with E-state index in [1.54, 1.807) is 11.3 Å². The van der Waals surface area contributed by atoms with Crippen molar-refractivity contribution in [3.63, 3.8) is 0 Å². The molecule has 2 aromatic heterocycles. The van der Waals surface area contributed by atoms with Gasteiger partial charge in [-0.25, -0.2) is 15.0 Å². The van der Waals surface area contributed by atoms with E-state index in [1.165, 1.54) is 0 Å². The van der Waals surface area contributed by atoms with Gasteiger partial charge in [-0.1, -0.05) is 15.9 Å². The average Bonchev–Trinajstić information content (AvgIpc) is 2.76. The molecule has 0 radical (unpaired) electrons. The Balaban J connectivity index is 2.28. The van der Waals surface area contributed by atoms with Crippen LogP contribution in [0.15, 0.2) is 22.7 Å². The molecular weight excluding hydrogens is 336 g/mol. The zero-order valence-electron chi connectivity index (χ0n) is 11.4. The Labute approximate surface area is 129 Å². The molecule has 4 nitrogen and oxygen atoms in total. The normalized spacial score (nSPS) is 11.0. The fraction of sp³-hybridized carbons (Fsp3) is 0.214. The van der Waals surface area contributed by atoms with Crippen molar-refractivity contribution in [2.45, 2.75) is 13.8 Å². The van der Waals surface area contributed by atoms with Crippen LogP contribution >= 0.6 is 27.3 Å². The van der Waals surface area contributed by atoms with Crippen molar-refractivity contribution in [2.24, 2.45) is 0 Å². The fourth-order valence-corrected chi connectivity index (χ4v) is 3.35. The van der Waals surface area contributed by atoms with Crippen LogP contribution in [0, 0.1) is 13.8 Å². The first-order chi connectivity index (χ1) is 9.58. The van der Waals surface area contributed by atoms with Gasteiger partial charge in [0.15, 0.2) is 5.82 Å². The molecule has 0 aliphatic heterocycles. The molecule has 0 aliphatic carbocycles. The summed E-state index contributed by atoms with van der Waals surface area (Å²) in [6.07, 6.45) is 0. The van der Waals surface area contributed by atoms with Crippen molar-refractivity contribution in [2.75, 3.05) is 12.4 Å². The highest BCUT2D eigenvalue weighted by Crippen LogP contribution is 2.31. The van der Waals surface area contributed by atoms with Crippen LogP contribution in [0.25, 0.3) is 21.6 Å². The highest BCUT2D eigenvalue weighted by atomic mass is 79.9. The molecule has 0 amide bonds. The first kappa shape index (κ1) is 13.5. The lowest BCUT2D eigenvalue weighted by molar-refractivity contribution is 1.17. The van der Waals surface area contributed by atoms with Crippen molar-refractivity contribution in [3.05, 3.63) is 33.4 Å². The Morgan fingerprint density at radius 3 is 2.60 bits per heavy atom. The van der Waals surface area contributed by atoms with E-state index in [4.69, 9.17) is 0 Å². The summed E-state index contributed by atoms with van der Waals surface area (Å²) in [5, 5.41) is 5.18. The van der Waals surface area contributed by atoms with Crippen LogP contribution in [0.5, 0.6) is 0 Å². The van der Waals surface area contributed by atoms with Crippen molar-refractivity contribution in [1.29, 1.82) is 0 Å². The molecule has 102 valence electrons. The molecule has 0 saturated heterocycles. The molecule has 1 N–H and O–H groups in total. The summed E-state index contributed by atoms with van der Waals surface area (Å²) in [6, 6.07) is 6.01. The van der Waals surface area contributed by atoms with Crippen LogP contribution in [-0.2, 0) is 0 Å². The number of fused-ring (bicyclic) bond motifs is 1. The smallest absolute Gasteiger partial charge is 0.174 e. The number of aryl methyl sites for hydroxylation is 2. The Hall–Kier alpha value is -1.53. The summed E-state index contributed by atoms with van der Waals surface area (Å²) in [7, 11) is 1.87. The number of hydrogen-bond acceptors (Lipinski definition) is 5. The van der Waals surface area contributed by atoms with Gasteiger partial charge in [0.2, 0.25) is 0 Å². The second-order valence-electron chi connectivity index (χ2n) is 4.45. The fourth-order valence-electron chi connectivity index (χ4n) is 2.13. The van der Waals surface area contributed by atoms with Gasteiger partial charge >= 0.3 is 0 Å². The standard InChI is InChI=1S/C14H13BrN4S/c1-7-12(20-8(2)17-7)14-18-11-5-4-9(15)6-10(11)13(16-3)19-14/h4-6H,1-3H3,(H,16,18,19). The Bertz CT molecular complexity index is 797.